The van der Waals surface area contributed by atoms with Crippen molar-refractivity contribution in [1.29, 1.82) is 0 Å². The Balaban J connectivity index is 2.45. The number of aryl methyl sites for hydroxylation is 2. The third-order valence-corrected chi connectivity index (χ3v) is 2.42. The lowest BCUT2D eigenvalue weighted by Crippen LogP contribution is -2.09. The van der Waals surface area contributed by atoms with Crippen molar-refractivity contribution in [3.8, 4) is 11.6 Å². The molecule has 0 bridgehead atoms. The molecule has 6 heteroatoms. The first-order valence-corrected chi connectivity index (χ1v) is 5.55. The predicted octanol–water partition coefficient (Wildman–Crippen LogP) is 1.88. The van der Waals surface area contributed by atoms with E-state index in [2.05, 4.69) is 9.97 Å². The molecule has 0 fully saturated rings. The first kappa shape index (κ1) is 12.8. The van der Waals surface area contributed by atoms with Gasteiger partial charge in [0.15, 0.2) is 0 Å². The highest BCUT2D eigenvalue weighted by molar-refractivity contribution is 5.91. The molecule has 0 amide bonds. The normalized spacial score (nSPS) is 10.2. The van der Waals surface area contributed by atoms with Gasteiger partial charge in [0.1, 0.15) is 17.1 Å². The van der Waals surface area contributed by atoms with Gasteiger partial charge in [-0.3, -0.25) is 4.79 Å². The lowest BCUT2D eigenvalue weighted by atomic mass is 10.1. The van der Waals surface area contributed by atoms with E-state index in [4.69, 9.17) is 9.84 Å². The Morgan fingerprint density at radius 3 is 2.68 bits per heavy atom. The number of nitrogens with zero attached hydrogens (tertiary/aromatic N) is 1. The average Bonchev–Trinajstić information content (AvgIpc) is 2.26. The quantitative estimate of drug-likeness (QED) is 0.878. The van der Waals surface area contributed by atoms with E-state index in [9.17, 15) is 9.59 Å². The molecule has 0 aliphatic carbocycles. The van der Waals surface area contributed by atoms with Gasteiger partial charge in [-0.2, -0.15) is 0 Å². The van der Waals surface area contributed by atoms with Crippen molar-refractivity contribution in [3.63, 3.8) is 0 Å². The van der Waals surface area contributed by atoms with Crippen LogP contribution in [0.1, 0.15) is 21.7 Å². The van der Waals surface area contributed by atoms with Gasteiger partial charge in [0.25, 0.3) is 5.56 Å². The number of H-pyrrole nitrogens is 1. The van der Waals surface area contributed by atoms with Crippen LogP contribution in [0.2, 0.25) is 0 Å². The lowest BCUT2D eigenvalue weighted by molar-refractivity contribution is 0.0694. The number of benzene rings is 1. The first-order valence-electron chi connectivity index (χ1n) is 5.55. The van der Waals surface area contributed by atoms with Crippen LogP contribution >= 0.6 is 0 Å². The molecular formula is C13H12N2O4. The largest absolute Gasteiger partial charge is 0.478 e. The topological polar surface area (TPSA) is 92.3 Å². The van der Waals surface area contributed by atoms with E-state index in [1.165, 1.54) is 12.1 Å². The predicted molar refractivity (Wildman–Crippen MR) is 67.8 cm³/mol. The van der Waals surface area contributed by atoms with Crippen molar-refractivity contribution in [2.24, 2.45) is 0 Å². The van der Waals surface area contributed by atoms with E-state index < -0.39 is 5.97 Å². The zero-order chi connectivity index (χ0) is 14.0. The Hall–Kier alpha value is -2.63. The molecule has 0 saturated carbocycles. The second-order valence-corrected chi connectivity index (χ2v) is 4.08. The van der Waals surface area contributed by atoms with Gasteiger partial charge in [0.05, 0.1) is 6.07 Å². The zero-order valence-corrected chi connectivity index (χ0v) is 10.4. The van der Waals surface area contributed by atoms with E-state index in [0.717, 1.165) is 5.56 Å². The summed E-state index contributed by atoms with van der Waals surface area (Å²) < 4.78 is 5.40. The molecule has 0 radical (unpaired) electrons. The molecule has 0 saturated heterocycles. The summed E-state index contributed by atoms with van der Waals surface area (Å²) in [5.41, 5.74) is 0.513. The average molecular weight is 260 g/mol. The van der Waals surface area contributed by atoms with Crippen molar-refractivity contribution in [2.45, 2.75) is 13.8 Å². The number of aromatic carboxylic acids is 1. The molecule has 0 spiro atoms. The number of aromatic amines is 1. The summed E-state index contributed by atoms with van der Waals surface area (Å²) in [4.78, 5) is 28.9. The minimum Gasteiger partial charge on any atom is -0.478 e. The fourth-order valence-corrected chi connectivity index (χ4v) is 1.61. The molecule has 2 N–H and O–H groups in total. The molecule has 6 nitrogen and oxygen atoms in total. The first-order chi connectivity index (χ1) is 8.95. The Kier molecular flexibility index (Phi) is 3.33. The summed E-state index contributed by atoms with van der Waals surface area (Å²) in [5.74, 6) is -0.483. The summed E-state index contributed by atoms with van der Waals surface area (Å²) in [6.07, 6.45) is 0. The second kappa shape index (κ2) is 4.93. The van der Waals surface area contributed by atoms with Gasteiger partial charge < -0.3 is 14.8 Å². The highest BCUT2D eigenvalue weighted by Gasteiger charge is 2.13. The standard InChI is InChI=1S/C13H12N2O4/c1-7-3-4-9(13(17)18)10(5-7)19-12-6-11(16)14-8(2)15-12/h3-6H,1-2H3,(H,17,18)(H,14,15,16). The Bertz CT molecular complexity index is 691. The van der Waals surface area contributed by atoms with Crippen LogP contribution in [0.25, 0.3) is 0 Å². The maximum atomic E-state index is 11.3. The van der Waals surface area contributed by atoms with E-state index in [-0.39, 0.29) is 22.8 Å². The number of hydrogen-bond acceptors (Lipinski definition) is 4. The van der Waals surface area contributed by atoms with E-state index in [1.807, 2.05) is 6.92 Å². The zero-order valence-electron chi connectivity index (χ0n) is 10.4. The van der Waals surface area contributed by atoms with Crippen LogP contribution in [0.5, 0.6) is 11.6 Å². The summed E-state index contributed by atoms with van der Waals surface area (Å²) in [5, 5.41) is 9.08. The molecule has 0 unspecified atom stereocenters. The van der Waals surface area contributed by atoms with Crippen LogP contribution in [0.4, 0.5) is 0 Å². The van der Waals surface area contributed by atoms with Crippen LogP contribution < -0.4 is 10.3 Å². The maximum absolute atomic E-state index is 11.3. The van der Waals surface area contributed by atoms with E-state index in [1.54, 1.807) is 19.1 Å². The number of hydrogen-bond donors (Lipinski definition) is 2. The van der Waals surface area contributed by atoms with Gasteiger partial charge in [-0.25, -0.2) is 9.78 Å². The minimum absolute atomic E-state index is 0.0188. The van der Waals surface area contributed by atoms with Crippen LogP contribution in [0.15, 0.2) is 29.1 Å². The van der Waals surface area contributed by atoms with Gasteiger partial charge >= 0.3 is 5.97 Å². The number of carboxylic acids is 1. The fourth-order valence-electron chi connectivity index (χ4n) is 1.61. The molecule has 98 valence electrons. The second-order valence-electron chi connectivity index (χ2n) is 4.08. The molecule has 2 rings (SSSR count). The SMILES string of the molecule is Cc1ccc(C(=O)O)c(Oc2cc(=O)[nH]c(C)n2)c1. The van der Waals surface area contributed by atoms with Crippen molar-refractivity contribution in [2.75, 3.05) is 0 Å². The van der Waals surface area contributed by atoms with Crippen LogP contribution in [0, 0.1) is 13.8 Å². The number of rotatable bonds is 3. The number of carbonyl (C=O) groups is 1. The van der Waals surface area contributed by atoms with E-state index in [0.29, 0.717) is 5.82 Å². The molecule has 1 aromatic carbocycles. The van der Waals surface area contributed by atoms with E-state index >= 15 is 0 Å². The minimum atomic E-state index is -1.10. The number of carboxylic acid groups (broad SMARTS) is 1. The number of aromatic nitrogens is 2. The summed E-state index contributed by atoms with van der Waals surface area (Å²) in [6, 6.07) is 5.88. The highest BCUT2D eigenvalue weighted by Crippen LogP contribution is 2.24. The molecular weight excluding hydrogens is 248 g/mol. The molecule has 19 heavy (non-hydrogen) atoms. The van der Waals surface area contributed by atoms with Gasteiger partial charge in [-0.1, -0.05) is 6.07 Å². The van der Waals surface area contributed by atoms with Gasteiger partial charge in [-0.05, 0) is 31.5 Å². The molecule has 1 heterocycles. The summed E-state index contributed by atoms with van der Waals surface area (Å²) >= 11 is 0. The summed E-state index contributed by atoms with van der Waals surface area (Å²) in [7, 11) is 0. The molecule has 0 atom stereocenters. The Labute approximate surface area is 108 Å². The van der Waals surface area contributed by atoms with Gasteiger partial charge in [-0.15, -0.1) is 0 Å². The Morgan fingerprint density at radius 2 is 2.05 bits per heavy atom. The highest BCUT2D eigenvalue weighted by atomic mass is 16.5. The molecule has 1 aromatic heterocycles. The molecule has 2 aromatic rings. The number of nitrogens with one attached hydrogen (secondary N) is 1. The summed E-state index contributed by atoms with van der Waals surface area (Å²) in [6.45, 7) is 3.43. The smallest absolute Gasteiger partial charge is 0.339 e. The fraction of sp³-hybridized carbons (Fsp3) is 0.154. The van der Waals surface area contributed by atoms with Crippen molar-refractivity contribution in [1.82, 2.24) is 9.97 Å². The third kappa shape index (κ3) is 2.98. The molecule has 0 aliphatic rings. The van der Waals surface area contributed by atoms with Gasteiger partial charge in [0, 0.05) is 0 Å². The van der Waals surface area contributed by atoms with Crippen LogP contribution in [-0.4, -0.2) is 21.0 Å². The monoisotopic (exact) mass is 260 g/mol. The maximum Gasteiger partial charge on any atom is 0.339 e. The Morgan fingerprint density at radius 1 is 1.32 bits per heavy atom. The van der Waals surface area contributed by atoms with Crippen molar-refractivity contribution < 1.29 is 14.6 Å². The van der Waals surface area contributed by atoms with Crippen molar-refractivity contribution >= 4 is 5.97 Å². The number of ether oxygens (including phenoxy) is 1. The third-order valence-electron chi connectivity index (χ3n) is 2.42. The van der Waals surface area contributed by atoms with Crippen LogP contribution in [0.3, 0.4) is 0 Å². The van der Waals surface area contributed by atoms with Crippen LogP contribution in [-0.2, 0) is 0 Å². The lowest BCUT2D eigenvalue weighted by Gasteiger charge is -2.08. The van der Waals surface area contributed by atoms with Crippen molar-refractivity contribution in [3.05, 3.63) is 51.6 Å². The van der Waals surface area contributed by atoms with Gasteiger partial charge in [0.2, 0.25) is 5.88 Å². The molecule has 0 aliphatic heterocycles.